The van der Waals surface area contributed by atoms with Crippen molar-refractivity contribution in [2.45, 2.75) is 31.0 Å². The first-order valence-electron chi connectivity index (χ1n) is 10.2. The second-order valence-electron chi connectivity index (χ2n) is 7.74. The van der Waals surface area contributed by atoms with Crippen LogP contribution >= 0.6 is 0 Å². The van der Waals surface area contributed by atoms with Gasteiger partial charge in [-0.15, -0.1) is 0 Å². The Morgan fingerprint density at radius 1 is 1.16 bits per heavy atom. The number of carbonyl (C=O) groups excluding carboxylic acids is 3. The number of hydrogen-bond acceptors (Lipinski definition) is 4. The number of benzene rings is 2. The molecule has 1 N–H and O–H groups in total. The van der Waals surface area contributed by atoms with Crippen LogP contribution in [-0.2, 0) is 26.4 Å². The molecule has 0 unspecified atom stereocenters. The zero-order valence-electron chi connectivity index (χ0n) is 17.6. The third kappa shape index (κ3) is 3.46. The lowest BCUT2D eigenvalue weighted by atomic mass is 9.88. The minimum absolute atomic E-state index is 0.141. The van der Waals surface area contributed by atoms with Gasteiger partial charge in [-0.3, -0.25) is 9.69 Å². The topological polar surface area (TPSA) is 79.0 Å². The van der Waals surface area contributed by atoms with E-state index < -0.39 is 17.6 Å². The predicted octanol–water partition coefficient (Wildman–Crippen LogP) is 2.96. The van der Waals surface area contributed by atoms with Crippen LogP contribution in [-0.4, -0.2) is 43.0 Å². The minimum Gasteiger partial charge on any atom is -0.466 e. The molecule has 2 aliphatic rings. The third-order valence-electron chi connectivity index (χ3n) is 6.08. The minimum atomic E-state index is -1.10. The highest BCUT2D eigenvalue weighted by Crippen LogP contribution is 2.51. The van der Waals surface area contributed by atoms with Crippen molar-refractivity contribution in [2.75, 3.05) is 19.1 Å². The Balaban J connectivity index is 1.71. The summed E-state index contributed by atoms with van der Waals surface area (Å²) in [5.41, 5.74) is 1.47. The van der Waals surface area contributed by atoms with E-state index in [1.807, 2.05) is 54.6 Å². The summed E-state index contributed by atoms with van der Waals surface area (Å²) in [5, 5.41) is 2.96. The Bertz CT molecular complexity index is 1040. The molecule has 2 aromatic carbocycles. The summed E-state index contributed by atoms with van der Waals surface area (Å²) in [7, 11) is 3.03. The maximum atomic E-state index is 13.5. The van der Waals surface area contributed by atoms with Gasteiger partial charge in [-0.1, -0.05) is 54.6 Å². The van der Waals surface area contributed by atoms with Gasteiger partial charge >= 0.3 is 12.0 Å². The van der Waals surface area contributed by atoms with Gasteiger partial charge in [-0.05, 0) is 24.5 Å². The lowest BCUT2D eigenvalue weighted by molar-refractivity contribution is -0.134. The molecule has 2 aromatic rings. The van der Waals surface area contributed by atoms with Gasteiger partial charge in [-0.2, -0.15) is 0 Å². The summed E-state index contributed by atoms with van der Waals surface area (Å²) in [6.07, 6.45) is 4.00. The molecule has 7 nitrogen and oxygen atoms in total. The van der Waals surface area contributed by atoms with Crippen LogP contribution < -0.4 is 10.2 Å². The van der Waals surface area contributed by atoms with E-state index in [-0.39, 0.29) is 11.9 Å². The highest BCUT2D eigenvalue weighted by Gasteiger charge is 2.60. The molecule has 7 heteroatoms. The van der Waals surface area contributed by atoms with E-state index in [0.29, 0.717) is 19.4 Å². The van der Waals surface area contributed by atoms with Crippen molar-refractivity contribution < 1.29 is 19.1 Å². The fourth-order valence-corrected chi connectivity index (χ4v) is 4.60. The molecule has 0 aliphatic carbocycles. The maximum absolute atomic E-state index is 13.5. The number of nitrogens with zero attached hydrogens (tertiary/aromatic N) is 2. The van der Waals surface area contributed by atoms with Crippen LogP contribution in [0.2, 0.25) is 0 Å². The largest absolute Gasteiger partial charge is 0.466 e. The number of anilines is 1. The maximum Gasteiger partial charge on any atom is 0.330 e. The number of urea groups is 1. The zero-order valence-corrected chi connectivity index (χ0v) is 17.6. The molecule has 1 spiro atoms. The standard InChI is InChI=1S/C24H25N3O4/c1-26-20-11-7-6-10-19(20)24(22(26)29)15-14-18(12-13-21(28)31-2)27(24)23(30)25-16-17-8-4-3-5-9-17/h3-13,18H,14-16H2,1-2H3,(H,25,30)/b13-12+/t18-,24+/m0/s1. The van der Waals surface area contributed by atoms with E-state index in [0.717, 1.165) is 16.8 Å². The molecular weight excluding hydrogens is 394 g/mol. The van der Waals surface area contributed by atoms with Gasteiger partial charge in [0.2, 0.25) is 0 Å². The number of nitrogens with one attached hydrogen (secondary N) is 1. The number of fused-ring (bicyclic) bond motifs is 2. The van der Waals surface area contributed by atoms with Crippen molar-refractivity contribution >= 4 is 23.6 Å². The number of hydrogen-bond donors (Lipinski definition) is 1. The average Bonchev–Trinajstić information content (AvgIpc) is 3.29. The molecule has 0 radical (unpaired) electrons. The van der Waals surface area contributed by atoms with Crippen molar-refractivity contribution in [3.05, 3.63) is 77.9 Å². The molecule has 2 atom stereocenters. The quantitative estimate of drug-likeness (QED) is 0.611. The van der Waals surface area contributed by atoms with Crippen LogP contribution in [0.3, 0.4) is 0 Å². The van der Waals surface area contributed by atoms with Gasteiger partial charge in [0.15, 0.2) is 5.54 Å². The van der Waals surface area contributed by atoms with E-state index >= 15 is 0 Å². The summed E-state index contributed by atoms with van der Waals surface area (Å²) >= 11 is 0. The van der Waals surface area contributed by atoms with Crippen LogP contribution in [0, 0.1) is 0 Å². The van der Waals surface area contributed by atoms with Gasteiger partial charge in [0.25, 0.3) is 5.91 Å². The monoisotopic (exact) mass is 419 g/mol. The van der Waals surface area contributed by atoms with Gasteiger partial charge in [-0.25, -0.2) is 9.59 Å². The van der Waals surface area contributed by atoms with Gasteiger partial charge in [0.05, 0.1) is 13.2 Å². The highest BCUT2D eigenvalue weighted by molar-refractivity contribution is 6.09. The van der Waals surface area contributed by atoms with E-state index in [1.54, 1.807) is 22.9 Å². The molecule has 1 saturated heterocycles. The fourth-order valence-electron chi connectivity index (χ4n) is 4.60. The van der Waals surface area contributed by atoms with E-state index in [9.17, 15) is 14.4 Å². The summed E-state index contributed by atoms with van der Waals surface area (Å²) in [6, 6.07) is 16.4. The van der Waals surface area contributed by atoms with Gasteiger partial charge in [0, 0.05) is 30.9 Å². The molecule has 4 rings (SSSR count). The molecule has 0 aromatic heterocycles. The number of rotatable bonds is 4. The summed E-state index contributed by atoms with van der Waals surface area (Å²) in [5.74, 6) is -0.640. The van der Waals surface area contributed by atoms with Crippen LogP contribution in [0.25, 0.3) is 0 Å². The predicted molar refractivity (Wildman–Crippen MR) is 116 cm³/mol. The summed E-state index contributed by atoms with van der Waals surface area (Å²) in [4.78, 5) is 41.9. The number of ether oxygens (including phenoxy) is 1. The normalized spacial score (nSPS) is 22.3. The second-order valence-corrected chi connectivity index (χ2v) is 7.74. The van der Waals surface area contributed by atoms with Crippen LogP contribution in [0.5, 0.6) is 0 Å². The first-order valence-corrected chi connectivity index (χ1v) is 10.2. The highest BCUT2D eigenvalue weighted by atomic mass is 16.5. The first-order chi connectivity index (χ1) is 15.0. The van der Waals surface area contributed by atoms with Gasteiger partial charge < -0.3 is 15.0 Å². The Hall–Kier alpha value is -3.61. The molecule has 0 bridgehead atoms. The molecular formula is C24H25N3O4. The second kappa shape index (κ2) is 8.26. The number of carbonyl (C=O) groups is 3. The molecule has 31 heavy (non-hydrogen) atoms. The van der Waals surface area contributed by atoms with Gasteiger partial charge in [0.1, 0.15) is 0 Å². The lowest BCUT2D eigenvalue weighted by Crippen LogP contribution is -2.56. The van der Waals surface area contributed by atoms with Crippen molar-refractivity contribution in [2.24, 2.45) is 0 Å². The first kappa shape index (κ1) is 20.7. The molecule has 2 aliphatic heterocycles. The van der Waals surface area contributed by atoms with Crippen molar-refractivity contribution in [1.82, 2.24) is 10.2 Å². The molecule has 1 fully saturated rings. The van der Waals surface area contributed by atoms with E-state index in [4.69, 9.17) is 4.74 Å². The Morgan fingerprint density at radius 2 is 1.87 bits per heavy atom. The number of esters is 1. The van der Waals surface area contributed by atoms with E-state index in [1.165, 1.54) is 13.2 Å². The van der Waals surface area contributed by atoms with Crippen molar-refractivity contribution in [3.8, 4) is 0 Å². The number of amides is 3. The Kier molecular flexibility index (Phi) is 5.50. The van der Waals surface area contributed by atoms with E-state index in [2.05, 4.69) is 5.32 Å². The van der Waals surface area contributed by atoms with Crippen LogP contribution in [0.15, 0.2) is 66.7 Å². The SMILES string of the molecule is COC(=O)/C=C/[C@H]1CC[C@@]2(C(=O)N(C)c3ccccc32)N1C(=O)NCc1ccccc1. The molecule has 3 amide bonds. The average molecular weight is 419 g/mol. The smallest absolute Gasteiger partial charge is 0.330 e. The number of likely N-dealkylation sites (N-methyl/N-ethyl adjacent to an activating group) is 1. The summed E-state index contributed by atoms with van der Waals surface area (Å²) < 4.78 is 4.70. The zero-order chi connectivity index (χ0) is 22.0. The Morgan fingerprint density at radius 3 is 2.61 bits per heavy atom. The van der Waals surface area contributed by atoms with Crippen molar-refractivity contribution in [1.29, 1.82) is 0 Å². The fraction of sp³-hybridized carbons (Fsp3) is 0.292. The van der Waals surface area contributed by atoms with Crippen LogP contribution in [0.4, 0.5) is 10.5 Å². The molecule has 2 heterocycles. The number of para-hydroxylation sites is 1. The van der Waals surface area contributed by atoms with Crippen molar-refractivity contribution in [3.63, 3.8) is 0 Å². The number of methoxy groups -OCH3 is 1. The molecule has 0 saturated carbocycles. The number of likely N-dealkylation sites (tertiary alicyclic amines) is 1. The summed E-state index contributed by atoms with van der Waals surface area (Å²) in [6.45, 7) is 0.339. The molecule has 160 valence electrons. The van der Waals surface area contributed by atoms with Crippen LogP contribution in [0.1, 0.15) is 24.0 Å². The lowest BCUT2D eigenvalue weighted by Gasteiger charge is -2.36. The Labute approximate surface area is 181 Å². The third-order valence-corrected chi connectivity index (χ3v) is 6.08.